The largest absolute Gasteiger partial charge is 0.497 e. The summed E-state index contributed by atoms with van der Waals surface area (Å²) in [7, 11) is -0.500. The minimum absolute atomic E-state index is 0.00426. The molecule has 2 aromatic rings. The number of fused-ring (bicyclic) bond motifs is 1. The summed E-state index contributed by atoms with van der Waals surface area (Å²) in [6.45, 7) is 4.68. The van der Waals surface area contributed by atoms with Crippen molar-refractivity contribution in [2.75, 3.05) is 38.6 Å². The lowest BCUT2D eigenvalue weighted by atomic mass is 10.0. The SMILES string of the molecule is CNC[C@H]1Oc2ccc(NS(=O)(=O)c3ccc(OC)cc3)cc2CC(=O)N([C@H](C)CO)C[C@H]1C. The molecule has 0 spiro atoms. The van der Waals surface area contributed by atoms with Crippen LogP contribution in [0.4, 0.5) is 5.69 Å². The number of nitrogens with one attached hydrogen (secondary N) is 2. The Kier molecular flexibility index (Phi) is 8.40. The number of carbonyl (C=O) groups is 1. The Balaban J connectivity index is 1.94. The third-order valence-electron chi connectivity index (χ3n) is 5.94. The van der Waals surface area contributed by atoms with Gasteiger partial charge in [-0.25, -0.2) is 8.42 Å². The molecule has 34 heavy (non-hydrogen) atoms. The van der Waals surface area contributed by atoms with Gasteiger partial charge in [0.1, 0.15) is 17.6 Å². The summed E-state index contributed by atoms with van der Waals surface area (Å²) in [6, 6.07) is 10.7. The van der Waals surface area contributed by atoms with E-state index in [9.17, 15) is 18.3 Å². The Labute approximate surface area is 201 Å². The molecule has 0 radical (unpaired) electrons. The third-order valence-corrected chi connectivity index (χ3v) is 7.34. The molecule has 1 aliphatic heterocycles. The molecule has 0 bridgehead atoms. The highest BCUT2D eigenvalue weighted by Crippen LogP contribution is 2.30. The standard InChI is InChI=1S/C24H33N3O6S/c1-16-14-27(17(2)15-28)24(29)12-18-11-19(5-10-22(18)33-23(16)13-25-3)26-34(30,31)21-8-6-20(32-4)7-9-21/h5-11,16-17,23,25-26,28H,12-15H2,1-4H3/t16-,17-,23-/m1/s1. The van der Waals surface area contributed by atoms with Crippen molar-refractivity contribution in [1.29, 1.82) is 0 Å². The van der Waals surface area contributed by atoms with Gasteiger partial charge < -0.3 is 24.8 Å². The van der Waals surface area contributed by atoms with Gasteiger partial charge in [-0.3, -0.25) is 9.52 Å². The average molecular weight is 492 g/mol. The number of rotatable bonds is 8. The van der Waals surface area contributed by atoms with Crippen LogP contribution in [0.5, 0.6) is 11.5 Å². The Hall–Kier alpha value is -2.82. The van der Waals surface area contributed by atoms with Gasteiger partial charge in [-0.2, -0.15) is 0 Å². The van der Waals surface area contributed by atoms with Crippen molar-refractivity contribution < 1.29 is 27.8 Å². The average Bonchev–Trinajstić information content (AvgIpc) is 2.86. The first-order valence-electron chi connectivity index (χ1n) is 11.2. The fourth-order valence-corrected chi connectivity index (χ4v) is 4.96. The van der Waals surface area contributed by atoms with E-state index in [0.717, 1.165) is 0 Å². The fourth-order valence-electron chi connectivity index (χ4n) is 3.91. The number of nitrogens with zero attached hydrogens (tertiary/aromatic N) is 1. The molecule has 0 aliphatic carbocycles. The van der Waals surface area contributed by atoms with Crippen LogP contribution < -0.4 is 19.5 Å². The Morgan fingerprint density at radius 3 is 2.56 bits per heavy atom. The van der Waals surface area contributed by atoms with Gasteiger partial charge >= 0.3 is 0 Å². The van der Waals surface area contributed by atoms with Gasteiger partial charge in [-0.05, 0) is 56.4 Å². The van der Waals surface area contributed by atoms with Crippen molar-refractivity contribution in [3.05, 3.63) is 48.0 Å². The second-order valence-corrected chi connectivity index (χ2v) is 10.2. The van der Waals surface area contributed by atoms with E-state index < -0.39 is 10.0 Å². The predicted octanol–water partition coefficient (Wildman–Crippen LogP) is 1.86. The number of likely N-dealkylation sites (N-methyl/N-ethyl adjacent to an activating group) is 1. The van der Waals surface area contributed by atoms with Crippen molar-refractivity contribution in [1.82, 2.24) is 10.2 Å². The number of carbonyl (C=O) groups excluding carboxylic acids is 1. The predicted molar refractivity (Wildman–Crippen MR) is 130 cm³/mol. The van der Waals surface area contributed by atoms with E-state index in [4.69, 9.17) is 9.47 Å². The van der Waals surface area contributed by atoms with Gasteiger partial charge in [-0.1, -0.05) is 6.92 Å². The van der Waals surface area contributed by atoms with Crippen molar-refractivity contribution in [2.45, 2.75) is 37.3 Å². The monoisotopic (exact) mass is 491 g/mol. The van der Waals surface area contributed by atoms with E-state index >= 15 is 0 Å². The molecule has 3 atom stereocenters. The molecule has 0 aromatic heterocycles. The van der Waals surface area contributed by atoms with Crippen LogP contribution in [0.1, 0.15) is 19.4 Å². The summed E-state index contributed by atoms with van der Waals surface area (Å²) in [6.07, 6.45) is -0.193. The van der Waals surface area contributed by atoms with Crippen LogP contribution in [-0.2, 0) is 21.2 Å². The van der Waals surface area contributed by atoms with Gasteiger partial charge in [-0.15, -0.1) is 0 Å². The topological polar surface area (TPSA) is 117 Å². The molecule has 0 saturated heterocycles. The lowest BCUT2D eigenvalue weighted by molar-refractivity contribution is -0.134. The first-order chi connectivity index (χ1) is 16.2. The minimum Gasteiger partial charge on any atom is -0.497 e. The van der Waals surface area contributed by atoms with Crippen molar-refractivity contribution in [2.24, 2.45) is 5.92 Å². The molecule has 0 unspecified atom stereocenters. The number of ether oxygens (including phenoxy) is 2. The zero-order chi connectivity index (χ0) is 24.9. The molecule has 10 heteroatoms. The number of amides is 1. The summed E-state index contributed by atoms with van der Waals surface area (Å²) in [5.41, 5.74) is 0.899. The van der Waals surface area contributed by atoms with Gasteiger partial charge in [0.2, 0.25) is 5.91 Å². The maximum absolute atomic E-state index is 13.2. The van der Waals surface area contributed by atoms with Crippen LogP contribution in [0.2, 0.25) is 0 Å². The molecule has 3 rings (SSSR count). The lowest BCUT2D eigenvalue weighted by Gasteiger charge is -2.32. The van der Waals surface area contributed by atoms with Crippen LogP contribution >= 0.6 is 0 Å². The molecule has 1 heterocycles. The Morgan fingerprint density at radius 1 is 1.24 bits per heavy atom. The lowest BCUT2D eigenvalue weighted by Crippen LogP contribution is -2.47. The van der Waals surface area contributed by atoms with Gasteiger partial charge in [0.05, 0.1) is 31.1 Å². The second kappa shape index (κ2) is 11.1. The number of aliphatic hydroxyl groups is 1. The van der Waals surface area contributed by atoms with E-state index in [2.05, 4.69) is 10.0 Å². The quantitative estimate of drug-likeness (QED) is 0.516. The number of sulfonamides is 1. The molecule has 9 nitrogen and oxygen atoms in total. The highest BCUT2D eigenvalue weighted by molar-refractivity contribution is 7.92. The number of anilines is 1. The van der Waals surface area contributed by atoms with E-state index in [0.29, 0.717) is 35.8 Å². The van der Waals surface area contributed by atoms with Crippen LogP contribution in [0.25, 0.3) is 0 Å². The summed E-state index contributed by atoms with van der Waals surface area (Å²) in [5.74, 6) is 0.938. The first-order valence-corrected chi connectivity index (χ1v) is 12.7. The smallest absolute Gasteiger partial charge is 0.261 e. The van der Waals surface area contributed by atoms with Gasteiger partial charge in [0, 0.05) is 30.3 Å². The molecule has 186 valence electrons. The number of hydrogen-bond donors (Lipinski definition) is 3. The molecule has 0 saturated carbocycles. The van der Waals surface area contributed by atoms with Crippen molar-refractivity contribution in [3.63, 3.8) is 0 Å². The summed E-state index contributed by atoms with van der Waals surface area (Å²) in [5, 5.41) is 12.8. The normalized spacial score (nSPS) is 19.8. The van der Waals surface area contributed by atoms with E-state index in [1.807, 2.05) is 14.0 Å². The minimum atomic E-state index is -3.84. The van der Waals surface area contributed by atoms with Crippen molar-refractivity contribution >= 4 is 21.6 Å². The Morgan fingerprint density at radius 2 is 1.94 bits per heavy atom. The molecule has 2 aromatic carbocycles. The molecule has 1 aliphatic rings. The second-order valence-electron chi connectivity index (χ2n) is 8.55. The highest BCUT2D eigenvalue weighted by Gasteiger charge is 2.30. The number of aliphatic hydroxyl groups excluding tert-OH is 1. The molecular formula is C24H33N3O6S. The van der Waals surface area contributed by atoms with E-state index in [1.165, 1.54) is 19.2 Å². The van der Waals surface area contributed by atoms with Gasteiger partial charge in [0.15, 0.2) is 0 Å². The summed E-state index contributed by atoms with van der Waals surface area (Å²) >= 11 is 0. The van der Waals surface area contributed by atoms with Crippen molar-refractivity contribution in [3.8, 4) is 11.5 Å². The molecule has 3 N–H and O–H groups in total. The zero-order valence-corrected chi connectivity index (χ0v) is 20.8. The maximum atomic E-state index is 13.2. The van der Waals surface area contributed by atoms with Crippen LogP contribution in [0.15, 0.2) is 47.4 Å². The maximum Gasteiger partial charge on any atom is 0.261 e. The molecule has 1 amide bonds. The first kappa shape index (κ1) is 25.8. The molecule has 0 fully saturated rings. The number of hydrogen-bond acceptors (Lipinski definition) is 7. The number of benzene rings is 2. The Bertz CT molecular complexity index is 1090. The number of methoxy groups -OCH3 is 1. The van der Waals surface area contributed by atoms with E-state index in [-0.39, 0.29) is 41.9 Å². The van der Waals surface area contributed by atoms with Crippen LogP contribution in [0, 0.1) is 5.92 Å². The van der Waals surface area contributed by atoms with Crippen LogP contribution in [0.3, 0.4) is 0 Å². The summed E-state index contributed by atoms with van der Waals surface area (Å²) in [4.78, 5) is 14.9. The third kappa shape index (κ3) is 5.99. The fraction of sp³-hybridized carbons (Fsp3) is 0.458. The summed E-state index contributed by atoms with van der Waals surface area (Å²) < 4.78 is 39.7. The highest BCUT2D eigenvalue weighted by atomic mass is 32.2. The van der Waals surface area contributed by atoms with Gasteiger partial charge in [0.25, 0.3) is 10.0 Å². The van der Waals surface area contributed by atoms with Crippen LogP contribution in [-0.4, -0.2) is 70.3 Å². The van der Waals surface area contributed by atoms with E-state index in [1.54, 1.807) is 42.2 Å². The zero-order valence-electron chi connectivity index (χ0n) is 19.9. The molecular weight excluding hydrogens is 458 g/mol.